The molecule has 0 N–H and O–H groups in total. The SMILES string of the molecule is Cc1cccc(Oc2c([N+](=O)[O-])ccc(F)c2F)c1. The minimum absolute atomic E-state index is 0.201. The molecule has 0 saturated heterocycles. The molecule has 4 nitrogen and oxygen atoms in total. The van der Waals surface area contributed by atoms with Crippen LogP contribution in [0.1, 0.15) is 5.56 Å². The summed E-state index contributed by atoms with van der Waals surface area (Å²) in [6.07, 6.45) is 0. The van der Waals surface area contributed by atoms with Gasteiger partial charge in [0.15, 0.2) is 5.82 Å². The van der Waals surface area contributed by atoms with E-state index in [4.69, 9.17) is 4.74 Å². The largest absolute Gasteiger partial charge is 0.447 e. The van der Waals surface area contributed by atoms with E-state index in [0.29, 0.717) is 6.07 Å². The lowest BCUT2D eigenvalue weighted by molar-refractivity contribution is -0.385. The van der Waals surface area contributed by atoms with Crippen LogP contribution < -0.4 is 4.74 Å². The highest BCUT2D eigenvalue weighted by molar-refractivity contribution is 5.49. The molecule has 2 aromatic carbocycles. The van der Waals surface area contributed by atoms with E-state index in [1.165, 1.54) is 6.07 Å². The Morgan fingerprint density at radius 3 is 2.58 bits per heavy atom. The molecule has 0 saturated carbocycles. The van der Waals surface area contributed by atoms with Crippen molar-refractivity contribution in [3.63, 3.8) is 0 Å². The van der Waals surface area contributed by atoms with Gasteiger partial charge in [-0.05, 0) is 30.7 Å². The molecule has 19 heavy (non-hydrogen) atoms. The van der Waals surface area contributed by atoms with E-state index in [2.05, 4.69) is 0 Å². The molecule has 2 aromatic rings. The topological polar surface area (TPSA) is 52.4 Å². The second-order valence-electron chi connectivity index (χ2n) is 3.89. The van der Waals surface area contributed by atoms with Gasteiger partial charge in [0.1, 0.15) is 5.75 Å². The van der Waals surface area contributed by atoms with E-state index in [-0.39, 0.29) is 5.75 Å². The molecular weight excluding hydrogens is 256 g/mol. The molecule has 0 aliphatic rings. The number of hydrogen-bond acceptors (Lipinski definition) is 3. The van der Waals surface area contributed by atoms with Crippen molar-refractivity contribution in [1.82, 2.24) is 0 Å². The molecular formula is C13H9F2NO3. The third-order valence-electron chi connectivity index (χ3n) is 2.44. The second-order valence-corrected chi connectivity index (χ2v) is 3.89. The Labute approximate surface area is 107 Å². The maximum atomic E-state index is 13.6. The van der Waals surface area contributed by atoms with Gasteiger partial charge in [-0.25, -0.2) is 4.39 Å². The van der Waals surface area contributed by atoms with Crippen molar-refractivity contribution in [2.24, 2.45) is 0 Å². The number of halogens is 2. The number of rotatable bonds is 3. The fraction of sp³-hybridized carbons (Fsp3) is 0.0769. The smallest absolute Gasteiger partial charge is 0.314 e. The molecule has 0 spiro atoms. The predicted octanol–water partition coefficient (Wildman–Crippen LogP) is 3.97. The summed E-state index contributed by atoms with van der Waals surface area (Å²) in [5.74, 6) is -3.10. The maximum absolute atomic E-state index is 13.6. The first kappa shape index (κ1) is 12.9. The van der Waals surface area contributed by atoms with Crippen LogP contribution in [0.4, 0.5) is 14.5 Å². The van der Waals surface area contributed by atoms with Gasteiger partial charge in [-0.3, -0.25) is 10.1 Å². The number of aryl methyl sites for hydroxylation is 1. The maximum Gasteiger partial charge on any atom is 0.314 e. The molecule has 0 heterocycles. The Hall–Kier alpha value is -2.50. The highest BCUT2D eigenvalue weighted by Crippen LogP contribution is 2.35. The molecule has 0 fully saturated rings. The molecule has 0 radical (unpaired) electrons. The lowest BCUT2D eigenvalue weighted by Crippen LogP contribution is -1.98. The van der Waals surface area contributed by atoms with E-state index >= 15 is 0 Å². The van der Waals surface area contributed by atoms with Crippen molar-refractivity contribution < 1.29 is 18.4 Å². The molecule has 0 aliphatic carbocycles. The van der Waals surface area contributed by atoms with Gasteiger partial charge in [-0.15, -0.1) is 0 Å². The van der Waals surface area contributed by atoms with Crippen LogP contribution in [-0.4, -0.2) is 4.92 Å². The van der Waals surface area contributed by atoms with Gasteiger partial charge in [0.05, 0.1) is 4.92 Å². The van der Waals surface area contributed by atoms with Gasteiger partial charge in [0, 0.05) is 6.07 Å². The van der Waals surface area contributed by atoms with E-state index in [9.17, 15) is 18.9 Å². The third-order valence-corrected chi connectivity index (χ3v) is 2.44. The normalized spacial score (nSPS) is 10.3. The van der Waals surface area contributed by atoms with Crippen molar-refractivity contribution in [2.45, 2.75) is 6.92 Å². The van der Waals surface area contributed by atoms with Gasteiger partial charge in [0.25, 0.3) is 0 Å². The van der Waals surface area contributed by atoms with Crippen LogP contribution in [-0.2, 0) is 0 Å². The number of nitrogens with zero attached hydrogens (tertiary/aromatic N) is 1. The average Bonchev–Trinajstić information content (AvgIpc) is 2.35. The molecule has 98 valence electrons. The molecule has 0 aromatic heterocycles. The molecule has 0 unspecified atom stereocenters. The van der Waals surface area contributed by atoms with Crippen LogP contribution in [0, 0.1) is 28.7 Å². The van der Waals surface area contributed by atoms with Gasteiger partial charge in [-0.2, -0.15) is 4.39 Å². The van der Waals surface area contributed by atoms with Crippen LogP contribution in [0.5, 0.6) is 11.5 Å². The minimum atomic E-state index is -1.38. The third kappa shape index (κ3) is 2.67. The fourth-order valence-electron chi connectivity index (χ4n) is 1.56. The summed E-state index contributed by atoms with van der Waals surface area (Å²) in [6, 6.07) is 8.05. The standard InChI is InChI=1S/C13H9F2NO3/c1-8-3-2-4-9(7-8)19-13-11(16(17)18)6-5-10(14)12(13)15/h2-7H,1H3. The summed E-state index contributed by atoms with van der Waals surface area (Å²) >= 11 is 0. The van der Waals surface area contributed by atoms with Crippen LogP contribution in [0.15, 0.2) is 36.4 Å². The van der Waals surface area contributed by atoms with Crippen molar-refractivity contribution in [2.75, 3.05) is 0 Å². The molecule has 2 rings (SSSR count). The van der Waals surface area contributed by atoms with Crippen molar-refractivity contribution in [3.8, 4) is 11.5 Å². The van der Waals surface area contributed by atoms with E-state index in [1.54, 1.807) is 25.1 Å². The summed E-state index contributed by atoms with van der Waals surface area (Å²) in [5.41, 5.74) is 0.206. The highest BCUT2D eigenvalue weighted by atomic mass is 19.2. The molecule has 0 atom stereocenters. The van der Waals surface area contributed by atoms with Crippen molar-refractivity contribution >= 4 is 5.69 Å². The van der Waals surface area contributed by atoms with Crippen molar-refractivity contribution in [3.05, 3.63) is 63.7 Å². The predicted molar refractivity (Wildman–Crippen MR) is 64.3 cm³/mol. The van der Waals surface area contributed by atoms with Crippen LogP contribution in [0.3, 0.4) is 0 Å². The monoisotopic (exact) mass is 265 g/mol. The van der Waals surface area contributed by atoms with Crippen LogP contribution >= 0.6 is 0 Å². The van der Waals surface area contributed by atoms with Crippen LogP contribution in [0.2, 0.25) is 0 Å². The minimum Gasteiger partial charge on any atom is -0.447 e. The fourth-order valence-corrected chi connectivity index (χ4v) is 1.56. The second kappa shape index (κ2) is 5.01. The van der Waals surface area contributed by atoms with Gasteiger partial charge in [-0.1, -0.05) is 12.1 Å². The zero-order valence-corrected chi connectivity index (χ0v) is 9.89. The Bertz CT molecular complexity index is 644. The van der Waals surface area contributed by atoms with Crippen molar-refractivity contribution in [1.29, 1.82) is 0 Å². The molecule has 0 aliphatic heterocycles. The number of nitro benzene ring substituents is 1. The lowest BCUT2D eigenvalue weighted by atomic mass is 10.2. The molecule has 6 heteroatoms. The zero-order chi connectivity index (χ0) is 14.0. The first-order chi connectivity index (χ1) is 8.99. The summed E-state index contributed by atoms with van der Waals surface area (Å²) in [5, 5.41) is 10.8. The first-order valence-corrected chi connectivity index (χ1v) is 5.36. The number of nitro groups is 1. The Kier molecular flexibility index (Phi) is 3.41. The Morgan fingerprint density at radius 2 is 1.95 bits per heavy atom. The first-order valence-electron chi connectivity index (χ1n) is 5.36. The molecule has 0 amide bonds. The van der Waals surface area contributed by atoms with Gasteiger partial charge in [0.2, 0.25) is 11.6 Å². The van der Waals surface area contributed by atoms with Gasteiger partial charge >= 0.3 is 5.69 Å². The summed E-state index contributed by atoms with van der Waals surface area (Å²) < 4.78 is 31.8. The zero-order valence-electron chi connectivity index (χ0n) is 9.89. The lowest BCUT2D eigenvalue weighted by Gasteiger charge is -2.08. The highest BCUT2D eigenvalue weighted by Gasteiger charge is 2.23. The number of benzene rings is 2. The average molecular weight is 265 g/mol. The number of ether oxygens (including phenoxy) is 1. The summed E-state index contributed by atoms with van der Waals surface area (Å²) in [4.78, 5) is 9.95. The van der Waals surface area contributed by atoms with E-state index in [1.807, 2.05) is 0 Å². The van der Waals surface area contributed by atoms with E-state index in [0.717, 1.165) is 11.6 Å². The Morgan fingerprint density at radius 1 is 1.21 bits per heavy atom. The quantitative estimate of drug-likeness (QED) is 0.623. The van der Waals surface area contributed by atoms with Gasteiger partial charge < -0.3 is 4.74 Å². The number of hydrogen-bond donors (Lipinski definition) is 0. The van der Waals surface area contributed by atoms with E-state index < -0.39 is 28.0 Å². The van der Waals surface area contributed by atoms with Crippen LogP contribution in [0.25, 0.3) is 0 Å². The summed E-state index contributed by atoms with van der Waals surface area (Å²) in [7, 11) is 0. The summed E-state index contributed by atoms with van der Waals surface area (Å²) in [6.45, 7) is 1.78. The Balaban J connectivity index is 2.49. The molecule has 0 bridgehead atoms.